The molecule has 5 heteroatoms. The molecule has 21 heavy (non-hydrogen) atoms. The van der Waals surface area contributed by atoms with Gasteiger partial charge in [0.2, 0.25) is 5.89 Å². The number of nitrogens with zero attached hydrogens (tertiary/aromatic N) is 4. The van der Waals surface area contributed by atoms with Crippen LogP contribution in [-0.4, -0.2) is 52.2 Å². The van der Waals surface area contributed by atoms with Crippen LogP contribution in [0.15, 0.2) is 4.52 Å². The molecule has 1 aromatic heterocycles. The lowest BCUT2D eigenvalue weighted by Crippen LogP contribution is -2.54. The van der Waals surface area contributed by atoms with Gasteiger partial charge in [-0.1, -0.05) is 24.4 Å². The Balaban J connectivity index is 1.35. The lowest BCUT2D eigenvalue weighted by atomic mass is 9.99. The molecule has 116 valence electrons. The predicted octanol–water partition coefficient (Wildman–Crippen LogP) is 2.40. The van der Waals surface area contributed by atoms with Crippen molar-refractivity contribution in [3.63, 3.8) is 0 Å². The SMILES string of the molecule is C1CCC(c2nc(CN3CCN4CCCCC4C3)no2)C1. The highest BCUT2D eigenvalue weighted by molar-refractivity contribution is 4.97. The van der Waals surface area contributed by atoms with Gasteiger partial charge in [-0.3, -0.25) is 9.80 Å². The van der Waals surface area contributed by atoms with Gasteiger partial charge in [0, 0.05) is 31.6 Å². The van der Waals surface area contributed by atoms with Gasteiger partial charge in [0.1, 0.15) is 0 Å². The molecule has 0 N–H and O–H groups in total. The molecule has 3 heterocycles. The van der Waals surface area contributed by atoms with Crippen LogP contribution >= 0.6 is 0 Å². The van der Waals surface area contributed by atoms with Crippen LogP contribution in [0.25, 0.3) is 0 Å². The largest absolute Gasteiger partial charge is 0.339 e. The van der Waals surface area contributed by atoms with E-state index in [1.54, 1.807) is 0 Å². The number of aromatic nitrogens is 2. The summed E-state index contributed by atoms with van der Waals surface area (Å²) in [5.74, 6) is 2.31. The van der Waals surface area contributed by atoms with E-state index in [1.807, 2.05) is 0 Å². The molecule has 0 amide bonds. The molecule has 5 nitrogen and oxygen atoms in total. The molecule has 0 aromatic carbocycles. The third-order valence-corrected chi connectivity index (χ3v) is 5.47. The molecule has 1 aliphatic carbocycles. The van der Waals surface area contributed by atoms with E-state index in [1.165, 1.54) is 64.6 Å². The van der Waals surface area contributed by atoms with Crippen LogP contribution in [0.2, 0.25) is 0 Å². The molecule has 4 rings (SSSR count). The van der Waals surface area contributed by atoms with Crippen molar-refractivity contribution in [3.8, 4) is 0 Å². The van der Waals surface area contributed by atoms with Crippen LogP contribution in [0, 0.1) is 0 Å². The zero-order valence-electron chi connectivity index (χ0n) is 12.8. The van der Waals surface area contributed by atoms with Crippen molar-refractivity contribution >= 4 is 0 Å². The fourth-order valence-corrected chi connectivity index (χ4v) is 4.23. The molecule has 1 atom stereocenters. The van der Waals surface area contributed by atoms with Crippen LogP contribution in [0.4, 0.5) is 0 Å². The van der Waals surface area contributed by atoms with Crippen molar-refractivity contribution in [2.45, 2.75) is 63.5 Å². The zero-order chi connectivity index (χ0) is 14.1. The maximum Gasteiger partial charge on any atom is 0.229 e. The number of piperidine rings is 1. The van der Waals surface area contributed by atoms with E-state index >= 15 is 0 Å². The lowest BCUT2D eigenvalue weighted by Gasteiger charge is -2.43. The average molecular weight is 290 g/mol. The zero-order valence-corrected chi connectivity index (χ0v) is 12.8. The molecular weight excluding hydrogens is 264 g/mol. The Bertz CT molecular complexity index is 469. The van der Waals surface area contributed by atoms with Crippen molar-refractivity contribution in [1.82, 2.24) is 19.9 Å². The van der Waals surface area contributed by atoms with Crippen molar-refractivity contribution in [1.29, 1.82) is 0 Å². The fraction of sp³-hybridized carbons (Fsp3) is 0.875. The Hall–Kier alpha value is -0.940. The molecule has 1 saturated carbocycles. The van der Waals surface area contributed by atoms with Gasteiger partial charge in [-0.05, 0) is 32.2 Å². The summed E-state index contributed by atoms with van der Waals surface area (Å²) in [6, 6.07) is 0.758. The second-order valence-corrected chi connectivity index (χ2v) is 6.95. The third-order valence-electron chi connectivity index (χ3n) is 5.47. The summed E-state index contributed by atoms with van der Waals surface area (Å²) in [6.45, 7) is 5.68. The van der Waals surface area contributed by atoms with E-state index < -0.39 is 0 Å². The van der Waals surface area contributed by atoms with E-state index in [-0.39, 0.29) is 0 Å². The molecule has 1 aromatic rings. The second kappa shape index (κ2) is 6.05. The van der Waals surface area contributed by atoms with Crippen LogP contribution in [0.5, 0.6) is 0 Å². The molecule has 0 radical (unpaired) electrons. The van der Waals surface area contributed by atoms with Crippen LogP contribution in [0.3, 0.4) is 0 Å². The first kappa shape index (κ1) is 13.7. The molecule has 0 spiro atoms. The van der Waals surface area contributed by atoms with E-state index in [0.29, 0.717) is 5.92 Å². The second-order valence-electron chi connectivity index (χ2n) is 6.95. The van der Waals surface area contributed by atoms with Gasteiger partial charge in [0.05, 0.1) is 6.54 Å². The number of hydrogen-bond acceptors (Lipinski definition) is 5. The average Bonchev–Trinajstić information content (AvgIpc) is 3.18. The number of hydrogen-bond donors (Lipinski definition) is 0. The lowest BCUT2D eigenvalue weighted by molar-refractivity contribution is 0.0441. The van der Waals surface area contributed by atoms with Gasteiger partial charge in [-0.25, -0.2) is 0 Å². The number of fused-ring (bicyclic) bond motifs is 1. The van der Waals surface area contributed by atoms with Crippen molar-refractivity contribution in [2.24, 2.45) is 0 Å². The first-order chi connectivity index (χ1) is 10.4. The summed E-state index contributed by atoms with van der Waals surface area (Å²) < 4.78 is 5.50. The van der Waals surface area contributed by atoms with Gasteiger partial charge in [0.15, 0.2) is 5.82 Å². The van der Waals surface area contributed by atoms with Crippen LogP contribution < -0.4 is 0 Å². The normalized spacial score (nSPS) is 28.9. The highest BCUT2D eigenvalue weighted by Gasteiger charge is 2.30. The van der Waals surface area contributed by atoms with E-state index in [2.05, 4.69) is 19.9 Å². The molecule has 2 saturated heterocycles. The van der Waals surface area contributed by atoms with Gasteiger partial charge >= 0.3 is 0 Å². The van der Waals surface area contributed by atoms with Crippen molar-refractivity contribution < 1.29 is 4.52 Å². The number of rotatable bonds is 3. The molecule has 2 aliphatic heterocycles. The van der Waals surface area contributed by atoms with Gasteiger partial charge in [-0.15, -0.1) is 0 Å². The summed E-state index contributed by atoms with van der Waals surface area (Å²) in [5, 5.41) is 4.22. The van der Waals surface area contributed by atoms with Crippen LogP contribution in [0.1, 0.15) is 62.6 Å². The molecule has 3 fully saturated rings. The minimum atomic E-state index is 0.529. The summed E-state index contributed by atoms with van der Waals surface area (Å²) in [7, 11) is 0. The van der Waals surface area contributed by atoms with Crippen LogP contribution in [-0.2, 0) is 6.54 Å². The minimum Gasteiger partial charge on any atom is -0.339 e. The van der Waals surface area contributed by atoms with Gasteiger partial charge < -0.3 is 4.52 Å². The Labute approximate surface area is 126 Å². The first-order valence-corrected chi connectivity index (χ1v) is 8.67. The van der Waals surface area contributed by atoms with Gasteiger partial charge in [0.25, 0.3) is 0 Å². The molecule has 0 bridgehead atoms. The standard InChI is InChI=1S/C16H26N4O/c1-2-6-13(5-1)16-17-15(18-21-16)12-19-9-10-20-8-4-3-7-14(20)11-19/h13-14H,1-12H2. The van der Waals surface area contributed by atoms with E-state index in [9.17, 15) is 0 Å². The summed E-state index contributed by atoms with van der Waals surface area (Å²) in [6.07, 6.45) is 9.20. The van der Waals surface area contributed by atoms with E-state index in [4.69, 9.17) is 4.52 Å². The monoisotopic (exact) mass is 290 g/mol. The smallest absolute Gasteiger partial charge is 0.229 e. The molecule has 1 unspecified atom stereocenters. The topological polar surface area (TPSA) is 45.4 Å². The maximum absolute atomic E-state index is 5.50. The van der Waals surface area contributed by atoms with Crippen molar-refractivity contribution in [3.05, 3.63) is 11.7 Å². The minimum absolute atomic E-state index is 0.529. The molecular formula is C16H26N4O. The highest BCUT2D eigenvalue weighted by Crippen LogP contribution is 2.33. The Morgan fingerprint density at radius 3 is 2.76 bits per heavy atom. The highest BCUT2D eigenvalue weighted by atomic mass is 16.5. The maximum atomic E-state index is 5.50. The summed E-state index contributed by atoms with van der Waals surface area (Å²) >= 11 is 0. The fourth-order valence-electron chi connectivity index (χ4n) is 4.23. The van der Waals surface area contributed by atoms with E-state index in [0.717, 1.165) is 30.8 Å². The molecule has 3 aliphatic rings. The summed E-state index contributed by atoms with van der Waals surface area (Å²) in [5.41, 5.74) is 0. The first-order valence-electron chi connectivity index (χ1n) is 8.67. The predicted molar refractivity (Wildman–Crippen MR) is 80.0 cm³/mol. The third kappa shape index (κ3) is 2.99. The Morgan fingerprint density at radius 2 is 1.86 bits per heavy atom. The Morgan fingerprint density at radius 1 is 1.00 bits per heavy atom. The quantitative estimate of drug-likeness (QED) is 0.855. The van der Waals surface area contributed by atoms with Gasteiger partial charge in [-0.2, -0.15) is 4.98 Å². The Kier molecular flexibility index (Phi) is 3.95. The number of piperazine rings is 1. The summed E-state index contributed by atoms with van der Waals surface area (Å²) in [4.78, 5) is 9.83. The van der Waals surface area contributed by atoms with Crippen molar-refractivity contribution in [2.75, 3.05) is 26.2 Å².